The molecule has 0 heterocycles. The highest BCUT2D eigenvalue weighted by Gasteiger charge is 2.29. The van der Waals surface area contributed by atoms with Gasteiger partial charge >= 0.3 is 0 Å². The van der Waals surface area contributed by atoms with Crippen LogP contribution in [0.4, 0.5) is 11.4 Å². The minimum atomic E-state index is -4.53. The highest BCUT2D eigenvalue weighted by atomic mass is 35.7. The molecule has 0 spiro atoms. The number of nitrogens with two attached hydrogens (primary N) is 1. The SMILES string of the molecule is Nc1cc([N+](=O)[O-])c(S(=O)(=O)Cl)cc1S(=O)(=O)Cl. The summed E-state index contributed by atoms with van der Waals surface area (Å²) in [5, 5.41) is 10.6. The Morgan fingerprint density at radius 3 is 1.83 bits per heavy atom. The predicted octanol–water partition coefficient (Wildman–Crippen LogP) is 1.03. The summed E-state index contributed by atoms with van der Waals surface area (Å²) in [6, 6.07) is 1.00. The molecule has 0 aliphatic rings. The van der Waals surface area contributed by atoms with E-state index in [2.05, 4.69) is 0 Å². The number of halogens is 2. The number of rotatable bonds is 3. The Kier molecular flexibility index (Phi) is 3.77. The van der Waals surface area contributed by atoms with Crippen LogP contribution in [0.2, 0.25) is 0 Å². The fraction of sp³-hybridized carbons (Fsp3) is 0. The molecule has 0 aliphatic heterocycles. The Morgan fingerprint density at radius 1 is 1.06 bits per heavy atom. The average molecular weight is 335 g/mol. The van der Waals surface area contributed by atoms with Crippen LogP contribution in [0.25, 0.3) is 0 Å². The lowest BCUT2D eigenvalue weighted by Crippen LogP contribution is -2.05. The van der Waals surface area contributed by atoms with E-state index in [-0.39, 0.29) is 0 Å². The zero-order valence-electron chi connectivity index (χ0n) is 8.20. The largest absolute Gasteiger partial charge is 0.397 e. The van der Waals surface area contributed by atoms with Crippen LogP contribution in [-0.4, -0.2) is 21.8 Å². The maximum absolute atomic E-state index is 11.1. The van der Waals surface area contributed by atoms with Gasteiger partial charge in [0.1, 0.15) is 4.90 Å². The maximum Gasteiger partial charge on any atom is 0.291 e. The fourth-order valence-electron chi connectivity index (χ4n) is 1.12. The first-order chi connectivity index (χ1) is 7.94. The molecule has 8 nitrogen and oxygen atoms in total. The lowest BCUT2D eigenvalue weighted by molar-refractivity contribution is -0.387. The third-order valence-electron chi connectivity index (χ3n) is 1.81. The summed E-state index contributed by atoms with van der Waals surface area (Å²) in [5.41, 5.74) is 3.76. The van der Waals surface area contributed by atoms with Crippen LogP contribution >= 0.6 is 21.4 Å². The van der Waals surface area contributed by atoms with Crippen molar-refractivity contribution in [3.05, 3.63) is 22.2 Å². The third kappa shape index (κ3) is 3.02. The van der Waals surface area contributed by atoms with Gasteiger partial charge in [0.15, 0.2) is 4.90 Å². The molecule has 0 aromatic heterocycles. The number of nitrogens with zero attached hydrogens (tertiary/aromatic N) is 1. The summed E-state index contributed by atoms with van der Waals surface area (Å²) in [6.45, 7) is 0. The van der Waals surface area contributed by atoms with E-state index in [4.69, 9.17) is 27.1 Å². The van der Waals surface area contributed by atoms with Gasteiger partial charge in [0, 0.05) is 27.4 Å². The van der Waals surface area contributed by atoms with Crippen LogP contribution in [0.5, 0.6) is 0 Å². The first-order valence-corrected chi connectivity index (χ1v) is 8.53. The van der Waals surface area contributed by atoms with Crippen molar-refractivity contribution in [1.82, 2.24) is 0 Å². The second-order valence-electron chi connectivity index (χ2n) is 2.99. The van der Waals surface area contributed by atoms with Crippen LogP contribution in [0.15, 0.2) is 21.9 Å². The number of hydrogen-bond donors (Lipinski definition) is 1. The smallest absolute Gasteiger partial charge is 0.291 e. The maximum atomic E-state index is 11.1. The molecule has 12 heteroatoms. The van der Waals surface area contributed by atoms with Crippen molar-refractivity contribution in [2.45, 2.75) is 9.79 Å². The standard InChI is InChI=1S/C6H4Cl2N2O6S2/c7-17(13,14)5-2-6(18(8,15)16)4(10(11)12)1-3(5)9/h1-2H,9H2. The summed E-state index contributed by atoms with van der Waals surface area (Å²) >= 11 is 0. The summed E-state index contributed by atoms with van der Waals surface area (Å²) in [7, 11) is 1.09. The van der Waals surface area contributed by atoms with E-state index in [9.17, 15) is 26.9 Å². The zero-order chi connectivity index (χ0) is 14.3. The Bertz CT molecular complexity index is 727. The first-order valence-electron chi connectivity index (χ1n) is 3.92. The van der Waals surface area contributed by atoms with Crippen LogP contribution in [0.1, 0.15) is 0 Å². The molecule has 0 saturated heterocycles. The Balaban J connectivity index is 3.84. The van der Waals surface area contributed by atoms with Crippen LogP contribution in [-0.2, 0) is 18.1 Å². The highest BCUT2D eigenvalue weighted by molar-refractivity contribution is 8.14. The molecule has 18 heavy (non-hydrogen) atoms. The number of nitro benzene ring substituents is 1. The normalized spacial score (nSPS) is 12.3. The first kappa shape index (κ1) is 15.0. The van der Waals surface area contributed by atoms with Gasteiger partial charge in [-0.3, -0.25) is 10.1 Å². The summed E-state index contributed by atoms with van der Waals surface area (Å²) in [5.74, 6) is 0. The van der Waals surface area contributed by atoms with Crippen LogP contribution in [0, 0.1) is 10.1 Å². The number of nitrogen functional groups attached to an aromatic ring is 1. The monoisotopic (exact) mass is 334 g/mol. The van der Waals surface area contributed by atoms with Crippen molar-refractivity contribution in [3.8, 4) is 0 Å². The van der Waals surface area contributed by atoms with E-state index in [0.717, 1.165) is 0 Å². The molecule has 1 rings (SSSR count). The molecule has 0 aliphatic carbocycles. The van der Waals surface area contributed by atoms with Gasteiger partial charge in [-0.25, -0.2) is 16.8 Å². The summed E-state index contributed by atoms with van der Waals surface area (Å²) in [6.07, 6.45) is 0. The van der Waals surface area contributed by atoms with Gasteiger partial charge in [0.05, 0.1) is 10.6 Å². The summed E-state index contributed by atoms with van der Waals surface area (Å²) < 4.78 is 44.4. The van der Waals surface area contributed by atoms with E-state index in [1.165, 1.54) is 0 Å². The molecular formula is C6H4Cl2N2O6S2. The molecule has 1 aromatic rings. The average Bonchev–Trinajstić information content (AvgIpc) is 2.12. The lowest BCUT2D eigenvalue weighted by atomic mass is 10.3. The summed E-state index contributed by atoms with van der Waals surface area (Å²) in [4.78, 5) is 7.80. The molecule has 100 valence electrons. The van der Waals surface area contributed by atoms with E-state index in [0.29, 0.717) is 12.1 Å². The Labute approximate surface area is 110 Å². The molecule has 0 atom stereocenters. The van der Waals surface area contributed by atoms with Crippen LogP contribution in [0.3, 0.4) is 0 Å². The van der Waals surface area contributed by atoms with Crippen molar-refractivity contribution < 1.29 is 21.8 Å². The third-order valence-corrected chi connectivity index (χ3v) is 4.54. The van der Waals surface area contributed by atoms with Gasteiger partial charge in [-0.15, -0.1) is 0 Å². The van der Waals surface area contributed by atoms with Crippen molar-refractivity contribution in [2.75, 3.05) is 5.73 Å². The molecule has 0 amide bonds. The van der Waals surface area contributed by atoms with E-state index < -0.39 is 44.2 Å². The van der Waals surface area contributed by atoms with Crippen molar-refractivity contribution >= 4 is 50.8 Å². The quantitative estimate of drug-likeness (QED) is 0.377. The van der Waals surface area contributed by atoms with E-state index >= 15 is 0 Å². The Morgan fingerprint density at radius 2 is 1.50 bits per heavy atom. The van der Waals surface area contributed by atoms with Gasteiger partial charge < -0.3 is 5.73 Å². The molecule has 2 N–H and O–H groups in total. The number of nitro groups is 1. The molecule has 0 bridgehead atoms. The predicted molar refractivity (Wildman–Crippen MR) is 63.6 cm³/mol. The zero-order valence-corrected chi connectivity index (χ0v) is 11.3. The molecular weight excluding hydrogens is 331 g/mol. The lowest BCUT2D eigenvalue weighted by Gasteiger charge is -2.05. The van der Waals surface area contributed by atoms with Gasteiger partial charge in [-0.2, -0.15) is 0 Å². The number of hydrogen-bond acceptors (Lipinski definition) is 7. The molecule has 0 fully saturated rings. The van der Waals surface area contributed by atoms with Crippen LogP contribution < -0.4 is 5.73 Å². The van der Waals surface area contributed by atoms with E-state index in [1.807, 2.05) is 0 Å². The minimum absolute atomic E-state index is 0.443. The van der Waals surface area contributed by atoms with Crippen molar-refractivity contribution in [3.63, 3.8) is 0 Å². The minimum Gasteiger partial charge on any atom is -0.397 e. The van der Waals surface area contributed by atoms with Crippen molar-refractivity contribution in [1.29, 1.82) is 0 Å². The molecule has 0 unspecified atom stereocenters. The second kappa shape index (κ2) is 4.53. The van der Waals surface area contributed by atoms with E-state index in [1.54, 1.807) is 0 Å². The van der Waals surface area contributed by atoms with Gasteiger partial charge in [-0.05, 0) is 6.07 Å². The number of anilines is 1. The second-order valence-corrected chi connectivity index (χ2v) is 8.06. The fourth-order valence-corrected chi connectivity index (χ4v) is 3.20. The van der Waals surface area contributed by atoms with Gasteiger partial charge in [-0.1, -0.05) is 0 Å². The van der Waals surface area contributed by atoms with Crippen molar-refractivity contribution in [2.24, 2.45) is 0 Å². The van der Waals surface area contributed by atoms with Gasteiger partial charge in [0.25, 0.3) is 23.8 Å². The van der Waals surface area contributed by atoms with Gasteiger partial charge in [0.2, 0.25) is 0 Å². The number of benzene rings is 1. The molecule has 0 radical (unpaired) electrons. The Hall–Kier alpha value is -1.10. The topological polar surface area (TPSA) is 137 Å². The molecule has 1 aromatic carbocycles. The highest BCUT2D eigenvalue weighted by Crippen LogP contribution is 2.34. The molecule has 0 saturated carbocycles.